The fraction of sp³-hybridized carbons (Fsp3) is 0.769. The Balaban J connectivity index is 1.68. The lowest BCUT2D eigenvalue weighted by Crippen LogP contribution is -2.35. The molecule has 0 fully saturated rings. The van der Waals surface area contributed by atoms with Gasteiger partial charge in [0.1, 0.15) is 6.29 Å². The third-order valence-corrected chi connectivity index (χ3v) is 5.02. The summed E-state index contributed by atoms with van der Waals surface area (Å²) in [4.78, 5) is 45.7. The van der Waals surface area contributed by atoms with Crippen molar-refractivity contribution in [2.45, 2.75) is 12.8 Å². The normalized spacial score (nSPS) is 12.9. The van der Waals surface area contributed by atoms with E-state index in [9.17, 15) is 19.2 Å². The number of aldehydes is 1. The van der Waals surface area contributed by atoms with Crippen molar-refractivity contribution in [2.24, 2.45) is 0 Å². The molecule has 0 aromatic heterocycles. The minimum atomic E-state index is -0.397. The molecule has 1 N–H and O–H groups in total. The van der Waals surface area contributed by atoms with Crippen molar-refractivity contribution in [2.75, 3.05) is 119 Å². The Morgan fingerprint density at radius 1 is 0.600 bits per heavy atom. The van der Waals surface area contributed by atoms with Crippen LogP contribution in [0.3, 0.4) is 0 Å². The van der Waals surface area contributed by atoms with Gasteiger partial charge in [0, 0.05) is 38.1 Å². The number of rotatable bonds is 30. The second kappa shape index (κ2) is 26.9. The fourth-order valence-electron chi connectivity index (χ4n) is 2.99. The van der Waals surface area contributed by atoms with Crippen LogP contribution in [0.1, 0.15) is 12.8 Å². The quantitative estimate of drug-likeness (QED) is 0.0642. The molecule has 230 valence electrons. The molecule has 0 radical (unpaired) electrons. The molecule has 0 unspecified atom stereocenters. The molecule has 0 spiro atoms. The first-order valence-corrected chi connectivity index (χ1v) is 13.5. The van der Waals surface area contributed by atoms with Gasteiger partial charge in [-0.15, -0.1) is 0 Å². The number of amides is 3. The number of hydrogen-bond acceptors (Lipinski definition) is 12. The summed E-state index contributed by atoms with van der Waals surface area (Å²) >= 11 is 0. The van der Waals surface area contributed by atoms with Crippen molar-refractivity contribution in [1.82, 2.24) is 10.2 Å². The maximum Gasteiger partial charge on any atom is 0.253 e. The van der Waals surface area contributed by atoms with Crippen molar-refractivity contribution >= 4 is 24.0 Å². The summed E-state index contributed by atoms with van der Waals surface area (Å²) in [5, 5.41) is 2.67. The van der Waals surface area contributed by atoms with Gasteiger partial charge in [-0.1, -0.05) is 0 Å². The molecule has 3 amide bonds. The Morgan fingerprint density at radius 3 is 1.32 bits per heavy atom. The predicted molar refractivity (Wildman–Crippen MR) is 141 cm³/mol. The van der Waals surface area contributed by atoms with Crippen LogP contribution in [0.4, 0.5) is 0 Å². The third-order valence-electron chi connectivity index (χ3n) is 5.02. The molecule has 0 aliphatic carbocycles. The lowest BCUT2D eigenvalue weighted by molar-refractivity contribution is -0.137. The summed E-state index contributed by atoms with van der Waals surface area (Å²) in [7, 11) is 0. The van der Waals surface area contributed by atoms with Crippen molar-refractivity contribution in [3.8, 4) is 0 Å². The lowest BCUT2D eigenvalue weighted by atomic mass is 10.3. The number of carbonyl (C=O) groups excluding carboxylic acids is 4. The Kier molecular flexibility index (Phi) is 24.0. The maximum absolute atomic E-state index is 11.7. The van der Waals surface area contributed by atoms with Crippen molar-refractivity contribution in [1.29, 1.82) is 0 Å². The van der Waals surface area contributed by atoms with E-state index in [1.165, 1.54) is 12.2 Å². The Morgan fingerprint density at radius 2 is 0.950 bits per heavy atom. The molecule has 1 aliphatic heterocycles. The smallest absolute Gasteiger partial charge is 0.253 e. The van der Waals surface area contributed by atoms with Crippen LogP contribution in [0.25, 0.3) is 0 Å². The molecule has 14 heteroatoms. The molecule has 0 saturated carbocycles. The van der Waals surface area contributed by atoms with E-state index in [1.54, 1.807) is 0 Å². The van der Waals surface area contributed by atoms with Crippen LogP contribution in [-0.2, 0) is 57.1 Å². The maximum atomic E-state index is 11.7. The summed E-state index contributed by atoms with van der Waals surface area (Å²) in [5.74, 6) is -1.05. The number of nitrogens with one attached hydrogen (secondary N) is 1. The van der Waals surface area contributed by atoms with E-state index < -0.39 is 11.8 Å². The number of ether oxygens (including phenoxy) is 8. The largest absolute Gasteiger partial charge is 0.379 e. The highest BCUT2D eigenvalue weighted by molar-refractivity contribution is 6.13. The number of imide groups is 1. The minimum Gasteiger partial charge on any atom is -0.379 e. The van der Waals surface area contributed by atoms with Crippen molar-refractivity contribution in [3.63, 3.8) is 0 Å². The summed E-state index contributed by atoms with van der Waals surface area (Å²) in [6, 6.07) is 0. The van der Waals surface area contributed by atoms with Gasteiger partial charge in [-0.2, -0.15) is 0 Å². The summed E-state index contributed by atoms with van der Waals surface area (Å²) in [5.41, 5.74) is 0. The van der Waals surface area contributed by atoms with Crippen LogP contribution < -0.4 is 5.32 Å². The molecule has 1 rings (SSSR count). The molecule has 14 nitrogen and oxygen atoms in total. The average Bonchev–Trinajstić information content (AvgIpc) is 3.27. The first kappa shape index (κ1) is 35.7. The summed E-state index contributed by atoms with van der Waals surface area (Å²) in [6.07, 6.45) is 3.66. The molecule has 1 aliphatic rings. The van der Waals surface area contributed by atoms with Gasteiger partial charge in [-0.25, -0.2) is 0 Å². The topological polar surface area (TPSA) is 157 Å². The van der Waals surface area contributed by atoms with E-state index in [1.807, 2.05) is 0 Å². The van der Waals surface area contributed by atoms with Gasteiger partial charge in [0.15, 0.2) is 0 Å². The van der Waals surface area contributed by atoms with Crippen LogP contribution in [0.15, 0.2) is 12.2 Å². The highest BCUT2D eigenvalue weighted by atomic mass is 16.6. The fourth-order valence-corrected chi connectivity index (χ4v) is 2.99. The molecule has 0 saturated heterocycles. The molecule has 0 aromatic rings. The van der Waals surface area contributed by atoms with Crippen molar-refractivity contribution < 1.29 is 57.1 Å². The van der Waals surface area contributed by atoms with Gasteiger partial charge in [0.25, 0.3) is 11.8 Å². The number of hydrogen-bond donors (Lipinski definition) is 1. The monoisotopic (exact) mass is 576 g/mol. The third kappa shape index (κ3) is 21.5. The highest BCUT2D eigenvalue weighted by Crippen LogP contribution is 2.03. The van der Waals surface area contributed by atoms with E-state index >= 15 is 0 Å². The lowest BCUT2D eigenvalue weighted by Gasteiger charge is -2.13. The number of nitrogens with zero attached hydrogens (tertiary/aromatic N) is 1. The van der Waals surface area contributed by atoms with Crippen molar-refractivity contribution in [3.05, 3.63) is 12.2 Å². The van der Waals surface area contributed by atoms with Gasteiger partial charge < -0.3 is 48.0 Å². The van der Waals surface area contributed by atoms with Crippen LogP contribution in [-0.4, -0.2) is 148 Å². The van der Waals surface area contributed by atoms with E-state index in [0.29, 0.717) is 119 Å². The van der Waals surface area contributed by atoms with Gasteiger partial charge in [-0.3, -0.25) is 19.3 Å². The Bertz CT molecular complexity index is 689. The zero-order chi connectivity index (χ0) is 28.9. The summed E-state index contributed by atoms with van der Waals surface area (Å²) in [6.45, 7) is 7.57. The standard InChI is InChI=1S/C26H44N2O12/c29-7-1-8-33-10-12-35-14-16-37-18-20-39-22-23-40-21-19-38-17-15-36-13-11-34-9-5-27-24(30)4-6-28-25(31)2-3-26(28)32/h2-3,7H,1,4-6,8-23H2,(H,27,30). The predicted octanol–water partition coefficient (Wildman–Crippen LogP) is -0.860. The molecule has 0 bridgehead atoms. The van der Waals surface area contributed by atoms with Crippen LogP contribution in [0, 0.1) is 0 Å². The zero-order valence-corrected chi connectivity index (χ0v) is 23.2. The van der Waals surface area contributed by atoms with Gasteiger partial charge in [0.05, 0.1) is 106 Å². The number of carbonyl (C=O) groups is 4. The second-order valence-corrected chi connectivity index (χ2v) is 8.12. The Hall–Kier alpha value is -2.30. The minimum absolute atomic E-state index is 0.0535. The molecule has 1 heterocycles. The van der Waals surface area contributed by atoms with Crippen LogP contribution >= 0.6 is 0 Å². The zero-order valence-electron chi connectivity index (χ0n) is 23.2. The molecule has 0 atom stereocenters. The van der Waals surface area contributed by atoms with Gasteiger partial charge in [-0.05, 0) is 0 Å². The van der Waals surface area contributed by atoms with E-state index in [2.05, 4.69) is 5.32 Å². The first-order chi connectivity index (χ1) is 19.6. The van der Waals surface area contributed by atoms with E-state index in [-0.39, 0.29) is 18.9 Å². The SMILES string of the molecule is O=CCCOCCOCCOCCOCCOCCOCCOCCOCCNC(=O)CCN1C(=O)C=CC1=O. The molecule has 40 heavy (non-hydrogen) atoms. The Labute approximate surface area is 235 Å². The van der Waals surface area contributed by atoms with E-state index in [0.717, 1.165) is 11.2 Å². The van der Waals surface area contributed by atoms with E-state index in [4.69, 9.17) is 37.9 Å². The molecule has 0 aromatic carbocycles. The molecular formula is C26H44N2O12. The first-order valence-electron chi connectivity index (χ1n) is 13.5. The average molecular weight is 577 g/mol. The highest BCUT2D eigenvalue weighted by Gasteiger charge is 2.23. The second-order valence-electron chi connectivity index (χ2n) is 8.12. The van der Waals surface area contributed by atoms with Gasteiger partial charge in [0.2, 0.25) is 5.91 Å². The van der Waals surface area contributed by atoms with Gasteiger partial charge >= 0.3 is 0 Å². The van der Waals surface area contributed by atoms with Crippen LogP contribution in [0.5, 0.6) is 0 Å². The van der Waals surface area contributed by atoms with Crippen LogP contribution in [0.2, 0.25) is 0 Å². The summed E-state index contributed by atoms with van der Waals surface area (Å²) < 4.78 is 42.9. The molecular weight excluding hydrogens is 532 g/mol.